The van der Waals surface area contributed by atoms with Crippen molar-refractivity contribution in [3.63, 3.8) is 0 Å². The van der Waals surface area contributed by atoms with E-state index in [1.54, 1.807) is 13.8 Å². The Bertz CT molecular complexity index is 472. The van der Waals surface area contributed by atoms with Crippen LogP contribution in [0.3, 0.4) is 0 Å². The summed E-state index contributed by atoms with van der Waals surface area (Å²) in [6.07, 6.45) is 9.45. The molecule has 0 amide bonds. The van der Waals surface area contributed by atoms with Crippen LogP contribution in [0.1, 0.15) is 120 Å². The molecule has 0 spiro atoms. The van der Waals surface area contributed by atoms with Crippen LogP contribution in [0.25, 0.3) is 0 Å². The van der Waals surface area contributed by atoms with Crippen LogP contribution in [0.5, 0.6) is 0 Å². The van der Waals surface area contributed by atoms with Crippen molar-refractivity contribution in [2.75, 3.05) is 26.4 Å². The number of ether oxygens (including phenoxy) is 2. The molecule has 9 heteroatoms. The van der Waals surface area contributed by atoms with E-state index in [-0.39, 0.29) is 50.6 Å². The van der Waals surface area contributed by atoms with Gasteiger partial charge >= 0.3 is 11.9 Å². The molecule has 0 bridgehead atoms. The van der Waals surface area contributed by atoms with E-state index in [9.17, 15) is 19.2 Å². The molecule has 0 radical (unpaired) electrons. The minimum Gasteiger partial charge on any atom is -0.466 e. The Balaban J connectivity index is -0.000000122. The van der Waals surface area contributed by atoms with Crippen LogP contribution in [0, 0.1) is 11.8 Å². The Hall–Kier alpha value is -0.917. The molecule has 0 fully saturated rings. The maximum atomic E-state index is 10.4. The minimum atomic E-state index is -0.440. The molecule has 0 aliphatic carbocycles. The maximum Gasteiger partial charge on any atom is 0.313 e. The molecular weight excluding hydrogens is 556 g/mol. The van der Waals surface area contributed by atoms with Crippen LogP contribution >= 0.6 is 0 Å². The molecule has 220 valence electrons. The third kappa shape index (κ3) is 45.4. The van der Waals surface area contributed by atoms with Crippen LogP contribution in [0.15, 0.2) is 0 Å². The summed E-state index contributed by atoms with van der Waals surface area (Å²) in [5, 5.41) is 17.5. The summed E-state index contributed by atoms with van der Waals surface area (Å²) in [6, 6.07) is 0. The summed E-state index contributed by atoms with van der Waals surface area (Å²) < 4.78 is 8.99. The first kappa shape index (κ1) is 46.0. The number of esters is 2. The molecule has 0 aliphatic rings. The molecule has 0 rings (SSSR count). The van der Waals surface area contributed by atoms with E-state index in [1.807, 2.05) is 0 Å². The van der Waals surface area contributed by atoms with Crippen molar-refractivity contribution in [3.05, 3.63) is 0 Å². The van der Waals surface area contributed by atoms with Gasteiger partial charge in [0.15, 0.2) is 0 Å². The van der Waals surface area contributed by atoms with Crippen molar-refractivity contribution in [3.8, 4) is 0 Å². The molecule has 2 N–H and O–H groups in total. The first-order valence-corrected chi connectivity index (χ1v) is 13.5. The van der Waals surface area contributed by atoms with E-state index in [2.05, 4.69) is 37.2 Å². The van der Waals surface area contributed by atoms with E-state index < -0.39 is 11.9 Å². The van der Waals surface area contributed by atoms with Crippen LogP contribution in [0.4, 0.5) is 0 Å². The van der Waals surface area contributed by atoms with Crippen molar-refractivity contribution in [2.24, 2.45) is 11.8 Å². The number of aliphatic hydroxyl groups is 2. The third-order valence-corrected chi connectivity index (χ3v) is 5.00. The standard InChI is InChI=1S/2C8H18O.2C6H10O3.Zr/c2*1-3-5-6-8(4-2)7-9;2*1-3-9-6(8)4-5(2)7;/h2*8-9H,3-7H2,1-2H3;2*3-4H2,1-2H3;. The quantitative estimate of drug-likeness (QED) is 0.174. The number of hydrogen-bond donors (Lipinski definition) is 2. The average Bonchev–Trinajstić information content (AvgIpc) is 2.81. The molecule has 0 saturated carbocycles. The molecule has 0 aromatic rings. The van der Waals surface area contributed by atoms with Gasteiger partial charge in [0.05, 0.1) is 13.2 Å². The monoisotopic (exact) mass is 610 g/mol. The van der Waals surface area contributed by atoms with Crippen molar-refractivity contribution in [1.82, 2.24) is 0 Å². The normalized spacial score (nSPS) is 10.9. The molecule has 0 heterocycles. The number of unbranched alkanes of at least 4 members (excludes halogenated alkanes) is 2. The van der Waals surface area contributed by atoms with E-state index in [4.69, 9.17) is 10.2 Å². The molecule has 0 aromatic heterocycles. The first-order chi connectivity index (χ1) is 17.0. The summed E-state index contributed by atoms with van der Waals surface area (Å²) in [5.41, 5.74) is 0. The Kier molecular flexibility index (Phi) is 46.3. The second kappa shape index (κ2) is 37.2. The molecule has 0 saturated heterocycles. The van der Waals surface area contributed by atoms with Crippen molar-refractivity contribution < 1.29 is 65.1 Å². The summed E-state index contributed by atoms with van der Waals surface area (Å²) in [4.78, 5) is 41.3. The zero-order chi connectivity index (χ0) is 28.8. The topological polar surface area (TPSA) is 127 Å². The van der Waals surface area contributed by atoms with Crippen LogP contribution < -0.4 is 0 Å². The van der Waals surface area contributed by atoms with E-state index in [1.165, 1.54) is 52.4 Å². The second-order valence-corrected chi connectivity index (χ2v) is 8.57. The molecule has 8 nitrogen and oxygen atoms in total. The van der Waals surface area contributed by atoms with Gasteiger partial charge in [0.2, 0.25) is 0 Å². The van der Waals surface area contributed by atoms with Gasteiger partial charge < -0.3 is 19.7 Å². The maximum absolute atomic E-state index is 10.4. The largest absolute Gasteiger partial charge is 0.466 e. The predicted molar refractivity (Wildman–Crippen MR) is 145 cm³/mol. The van der Waals surface area contributed by atoms with Gasteiger partial charge in [0.1, 0.15) is 24.4 Å². The van der Waals surface area contributed by atoms with Gasteiger partial charge in [-0.3, -0.25) is 19.2 Å². The first-order valence-electron chi connectivity index (χ1n) is 13.5. The summed E-state index contributed by atoms with van der Waals surface area (Å²) in [7, 11) is 0. The Morgan fingerprint density at radius 3 is 1.08 bits per heavy atom. The number of hydrogen-bond acceptors (Lipinski definition) is 8. The van der Waals surface area contributed by atoms with E-state index >= 15 is 0 Å². The van der Waals surface area contributed by atoms with E-state index in [0.717, 1.165) is 12.8 Å². The SMILES string of the molecule is CCCCC(CC)CO.CCCCC(CC)CO.CCOC(=O)CC(C)=O.CCOC(=O)CC(C)=O.[Zr]. The van der Waals surface area contributed by atoms with Gasteiger partial charge in [-0.1, -0.05) is 66.2 Å². The van der Waals surface area contributed by atoms with Gasteiger partial charge in [-0.2, -0.15) is 0 Å². The molecular formula is C28H56O8Zr. The van der Waals surface area contributed by atoms with Crippen LogP contribution in [0.2, 0.25) is 0 Å². The van der Waals surface area contributed by atoms with Crippen molar-refractivity contribution >= 4 is 23.5 Å². The van der Waals surface area contributed by atoms with Gasteiger partial charge in [-0.05, 0) is 52.4 Å². The Labute approximate surface area is 245 Å². The molecule has 37 heavy (non-hydrogen) atoms. The fourth-order valence-electron chi connectivity index (χ4n) is 2.67. The van der Waals surface area contributed by atoms with Gasteiger partial charge in [0, 0.05) is 39.4 Å². The number of carbonyl (C=O) groups excluding carboxylic acids is 4. The fourth-order valence-corrected chi connectivity index (χ4v) is 2.67. The Morgan fingerprint density at radius 1 is 0.622 bits per heavy atom. The Morgan fingerprint density at radius 2 is 0.919 bits per heavy atom. The molecule has 0 aliphatic heterocycles. The second-order valence-electron chi connectivity index (χ2n) is 8.57. The smallest absolute Gasteiger partial charge is 0.313 e. The van der Waals surface area contributed by atoms with E-state index in [0.29, 0.717) is 38.3 Å². The zero-order valence-corrected chi connectivity index (χ0v) is 27.4. The predicted octanol–water partition coefficient (Wildman–Crippen LogP) is 5.44. The average molecular weight is 612 g/mol. The van der Waals surface area contributed by atoms with Gasteiger partial charge in [-0.25, -0.2) is 0 Å². The fraction of sp³-hybridized carbons (Fsp3) is 0.857. The zero-order valence-electron chi connectivity index (χ0n) is 24.9. The molecule has 2 atom stereocenters. The minimum absolute atomic E-state index is 0. The number of Topliss-reactive ketones (excluding diaryl/α,β-unsaturated/α-hetero) is 2. The molecule has 2 unspecified atom stereocenters. The van der Waals surface area contributed by atoms with Crippen molar-refractivity contribution in [1.29, 1.82) is 0 Å². The number of carbonyl (C=O) groups is 4. The molecule has 0 aromatic carbocycles. The number of rotatable bonds is 16. The summed E-state index contributed by atoms with van der Waals surface area (Å²) in [6.45, 7) is 16.2. The van der Waals surface area contributed by atoms with Gasteiger partial charge in [0.25, 0.3) is 0 Å². The number of ketones is 2. The van der Waals surface area contributed by atoms with Crippen LogP contribution in [-0.2, 0) is 54.9 Å². The third-order valence-electron chi connectivity index (χ3n) is 5.00. The van der Waals surface area contributed by atoms with Gasteiger partial charge in [-0.15, -0.1) is 0 Å². The summed E-state index contributed by atoms with van der Waals surface area (Å²) >= 11 is 0. The van der Waals surface area contributed by atoms with Crippen LogP contribution in [-0.4, -0.2) is 60.1 Å². The number of aliphatic hydroxyl groups excluding tert-OH is 2. The van der Waals surface area contributed by atoms with Crippen molar-refractivity contribution in [2.45, 2.75) is 120 Å². The summed E-state index contributed by atoms with van der Waals surface area (Å²) in [5.74, 6) is -0.0770.